The van der Waals surface area contributed by atoms with E-state index in [1.165, 1.54) is 15.6 Å². The summed E-state index contributed by atoms with van der Waals surface area (Å²) in [5.74, 6) is 0. The minimum absolute atomic E-state index is 0.275. The topological polar surface area (TPSA) is 50.3 Å². The first-order valence-corrected chi connectivity index (χ1v) is 8.10. The van der Waals surface area contributed by atoms with Crippen LogP contribution in [0.2, 0.25) is 0 Å². The lowest BCUT2D eigenvalue weighted by Gasteiger charge is -2.16. The van der Waals surface area contributed by atoms with Crippen molar-refractivity contribution in [2.24, 2.45) is 0 Å². The second-order valence-electron chi connectivity index (χ2n) is 4.36. The summed E-state index contributed by atoms with van der Waals surface area (Å²) in [6.07, 6.45) is 1.66. The molecule has 2 aromatic rings. The van der Waals surface area contributed by atoms with Gasteiger partial charge in [0.05, 0.1) is 17.1 Å². The van der Waals surface area contributed by atoms with Crippen molar-refractivity contribution in [3.05, 3.63) is 45.9 Å². The highest BCUT2D eigenvalue weighted by Crippen LogP contribution is 2.27. The Hall–Kier alpha value is -1.24. The van der Waals surface area contributed by atoms with E-state index in [2.05, 4.69) is 4.98 Å². The third-order valence-electron chi connectivity index (χ3n) is 2.79. The van der Waals surface area contributed by atoms with E-state index in [4.69, 9.17) is 0 Å². The average Bonchev–Trinajstić information content (AvgIpc) is 2.70. The van der Waals surface area contributed by atoms with Crippen LogP contribution < -0.4 is 0 Å². The van der Waals surface area contributed by atoms with Crippen LogP contribution in [0.1, 0.15) is 15.4 Å². The Bertz CT molecular complexity index is 663. The number of nitrogens with zero attached hydrogens (tertiary/aromatic N) is 2. The van der Waals surface area contributed by atoms with Gasteiger partial charge in [-0.25, -0.2) is 8.42 Å². The zero-order chi connectivity index (χ0) is 14.0. The summed E-state index contributed by atoms with van der Waals surface area (Å²) in [4.78, 5) is 6.37. The number of pyridine rings is 1. The lowest BCUT2D eigenvalue weighted by atomic mass is 10.3. The number of thiophene rings is 1. The highest BCUT2D eigenvalue weighted by molar-refractivity contribution is 7.89. The maximum atomic E-state index is 12.5. The van der Waals surface area contributed by atoms with Gasteiger partial charge in [-0.15, -0.1) is 11.3 Å². The van der Waals surface area contributed by atoms with Crippen molar-refractivity contribution < 1.29 is 8.42 Å². The average molecular weight is 296 g/mol. The Balaban J connectivity index is 2.27. The van der Waals surface area contributed by atoms with Crippen LogP contribution in [0.4, 0.5) is 0 Å². The highest BCUT2D eigenvalue weighted by atomic mass is 32.2. The molecule has 0 atom stereocenters. The first-order valence-electron chi connectivity index (χ1n) is 5.84. The van der Waals surface area contributed by atoms with Gasteiger partial charge < -0.3 is 0 Å². The minimum atomic E-state index is -3.44. The maximum Gasteiger partial charge on any atom is 0.244 e. The van der Waals surface area contributed by atoms with Crippen LogP contribution in [0.3, 0.4) is 0 Å². The molecule has 0 aliphatic carbocycles. The molecule has 0 saturated heterocycles. The SMILES string of the molecule is Cc1cc(S(=O)(=O)N(C)Cc2ccccn2)c(C)s1. The first kappa shape index (κ1) is 14.2. The molecule has 2 rings (SSSR count). The Labute approximate surface area is 117 Å². The van der Waals surface area contributed by atoms with E-state index < -0.39 is 10.0 Å². The molecule has 2 aromatic heterocycles. The van der Waals surface area contributed by atoms with Gasteiger partial charge in [-0.05, 0) is 32.0 Å². The second-order valence-corrected chi connectivity index (χ2v) is 7.83. The van der Waals surface area contributed by atoms with Crippen molar-refractivity contribution in [3.8, 4) is 0 Å². The summed E-state index contributed by atoms with van der Waals surface area (Å²) < 4.78 is 26.3. The van der Waals surface area contributed by atoms with Gasteiger partial charge in [0, 0.05) is 23.0 Å². The Morgan fingerprint density at radius 3 is 2.58 bits per heavy atom. The molecule has 6 heteroatoms. The lowest BCUT2D eigenvalue weighted by molar-refractivity contribution is 0.462. The van der Waals surface area contributed by atoms with Crippen molar-refractivity contribution >= 4 is 21.4 Å². The molecule has 19 heavy (non-hydrogen) atoms. The largest absolute Gasteiger partial charge is 0.260 e. The van der Waals surface area contributed by atoms with Crippen molar-refractivity contribution in [1.82, 2.24) is 9.29 Å². The van der Waals surface area contributed by atoms with Gasteiger partial charge in [-0.1, -0.05) is 6.07 Å². The zero-order valence-electron chi connectivity index (χ0n) is 11.1. The van der Waals surface area contributed by atoms with Crippen molar-refractivity contribution in [3.63, 3.8) is 0 Å². The third-order valence-corrected chi connectivity index (χ3v) is 5.82. The molecule has 0 radical (unpaired) electrons. The van der Waals surface area contributed by atoms with Crippen LogP contribution in [0, 0.1) is 13.8 Å². The smallest absolute Gasteiger partial charge is 0.244 e. The number of hydrogen-bond acceptors (Lipinski definition) is 4. The standard InChI is InChI=1S/C13H16N2O2S2/c1-10-8-13(11(2)18-10)19(16,17)15(3)9-12-6-4-5-7-14-12/h4-8H,9H2,1-3H3. The molecule has 102 valence electrons. The van der Waals surface area contributed by atoms with Crippen LogP contribution >= 0.6 is 11.3 Å². The molecule has 0 aliphatic rings. The zero-order valence-corrected chi connectivity index (χ0v) is 12.8. The van der Waals surface area contributed by atoms with Crippen molar-refractivity contribution in [2.75, 3.05) is 7.05 Å². The fraction of sp³-hybridized carbons (Fsp3) is 0.308. The number of aryl methyl sites for hydroxylation is 2. The molecule has 0 aromatic carbocycles. The lowest BCUT2D eigenvalue weighted by Crippen LogP contribution is -2.27. The quantitative estimate of drug-likeness (QED) is 0.871. The molecular weight excluding hydrogens is 280 g/mol. The highest BCUT2D eigenvalue weighted by Gasteiger charge is 2.24. The van der Waals surface area contributed by atoms with E-state index in [9.17, 15) is 8.42 Å². The summed E-state index contributed by atoms with van der Waals surface area (Å²) in [6.45, 7) is 4.02. The predicted molar refractivity (Wildman–Crippen MR) is 76.7 cm³/mol. The molecule has 0 spiro atoms. The number of rotatable bonds is 4. The third kappa shape index (κ3) is 3.02. The van der Waals surface area contributed by atoms with Crippen molar-refractivity contribution in [2.45, 2.75) is 25.3 Å². The van der Waals surface area contributed by atoms with Crippen LogP contribution in [-0.2, 0) is 16.6 Å². The molecule has 0 bridgehead atoms. The van der Waals surface area contributed by atoms with E-state index in [1.54, 1.807) is 19.3 Å². The molecular formula is C13H16N2O2S2. The van der Waals surface area contributed by atoms with Gasteiger partial charge in [-0.3, -0.25) is 4.98 Å². The van der Waals surface area contributed by atoms with Gasteiger partial charge in [-0.2, -0.15) is 4.31 Å². The Morgan fingerprint density at radius 1 is 1.32 bits per heavy atom. The van der Waals surface area contributed by atoms with Crippen LogP contribution in [0.25, 0.3) is 0 Å². The summed E-state index contributed by atoms with van der Waals surface area (Å²) in [6, 6.07) is 7.20. The number of hydrogen-bond donors (Lipinski definition) is 0. The van der Waals surface area contributed by atoms with Gasteiger partial charge in [0.1, 0.15) is 0 Å². The van der Waals surface area contributed by atoms with E-state index in [0.717, 1.165) is 15.4 Å². The summed E-state index contributed by atoms with van der Waals surface area (Å²) in [5.41, 5.74) is 0.734. The van der Waals surface area contributed by atoms with E-state index in [1.807, 2.05) is 32.0 Å². The van der Waals surface area contributed by atoms with E-state index in [-0.39, 0.29) is 6.54 Å². The van der Waals surface area contributed by atoms with Gasteiger partial charge in [0.15, 0.2) is 0 Å². The van der Waals surface area contributed by atoms with Crippen molar-refractivity contribution in [1.29, 1.82) is 0 Å². The number of sulfonamides is 1. The molecule has 0 amide bonds. The summed E-state index contributed by atoms with van der Waals surface area (Å²) >= 11 is 1.50. The Morgan fingerprint density at radius 2 is 2.05 bits per heavy atom. The molecule has 2 heterocycles. The summed E-state index contributed by atoms with van der Waals surface area (Å²) in [7, 11) is -1.86. The molecule has 0 aliphatic heterocycles. The fourth-order valence-corrected chi connectivity index (χ4v) is 4.50. The van der Waals surface area contributed by atoms with Crippen LogP contribution in [0.5, 0.6) is 0 Å². The normalized spacial score (nSPS) is 12.0. The second kappa shape index (κ2) is 5.40. The first-order chi connectivity index (χ1) is 8.91. The molecule has 0 fully saturated rings. The van der Waals surface area contributed by atoms with Gasteiger partial charge >= 0.3 is 0 Å². The van der Waals surface area contributed by atoms with E-state index >= 15 is 0 Å². The molecule has 0 N–H and O–H groups in total. The van der Waals surface area contributed by atoms with Crippen LogP contribution in [-0.4, -0.2) is 24.8 Å². The molecule has 0 saturated carbocycles. The number of aromatic nitrogens is 1. The maximum absolute atomic E-state index is 12.5. The molecule has 4 nitrogen and oxygen atoms in total. The Kier molecular flexibility index (Phi) is 4.03. The monoisotopic (exact) mass is 296 g/mol. The fourth-order valence-electron chi connectivity index (χ4n) is 1.84. The van der Waals surface area contributed by atoms with Gasteiger partial charge in [0.25, 0.3) is 0 Å². The minimum Gasteiger partial charge on any atom is -0.260 e. The predicted octanol–water partition coefficient (Wildman–Crippen LogP) is 2.58. The van der Waals surface area contributed by atoms with E-state index in [0.29, 0.717) is 4.90 Å². The summed E-state index contributed by atoms with van der Waals surface area (Å²) in [5, 5.41) is 0. The van der Waals surface area contributed by atoms with Crippen LogP contribution in [0.15, 0.2) is 35.4 Å². The molecule has 0 unspecified atom stereocenters. The van der Waals surface area contributed by atoms with Gasteiger partial charge in [0.2, 0.25) is 10.0 Å².